The summed E-state index contributed by atoms with van der Waals surface area (Å²) in [6.45, 7) is 7.05. The molecule has 0 fully saturated rings. The summed E-state index contributed by atoms with van der Waals surface area (Å²) in [6, 6.07) is 4.05. The van der Waals surface area contributed by atoms with Crippen molar-refractivity contribution in [2.24, 2.45) is 0 Å². The van der Waals surface area contributed by atoms with Crippen LogP contribution < -0.4 is 5.43 Å². The molecule has 4 nitrogen and oxygen atoms in total. The predicted octanol–water partition coefficient (Wildman–Crippen LogP) is 1.13. The summed E-state index contributed by atoms with van der Waals surface area (Å²) in [5.74, 6) is 0.102. The van der Waals surface area contributed by atoms with Gasteiger partial charge in [-0.15, -0.1) is 0 Å². The molecule has 1 rings (SSSR count). The number of carbonyl (C=O) groups excluding carboxylic acids is 1. The molecule has 1 N–H and O–H groups in total. The van der Waals surface area contributed by atoms with Crippen LogP contribution in [0.2, 0.25) is 0 Å². The molecule has 4 heteroatoms. The van der Waals surface area contributed by atoms with Crippen molar-refractivity contribution in [2.45, 2.75) is 20.8 Å². The Morgan fingerprint density at radius 3 is 2.40 bits per heavy atom. The van der Waals surface area contributed by atoms with Gasteiger partial charge in [0.05, 0.1) is 0 Å². The van der Waals surface area contributed by atoms with Gasteiger partial charge in [-0.05, 0) is 32.9 Å². The summed E-state index contributed by atoms with van der Waals surface area (Å²) in [5, 5.41) is 0. The van der Waals surface area contributed by atoms with Gasteiger partial charge in [-0.1, -0.05) is 0 Å². The third-order valence-electron chi connectivity index (χ3n) is 2.56. The minimum atomic E-state index is 0.102. The fraction of sp³-hybridized carbons (Fsp3) is 0.545. The molecule has 0 spiro atoms. The van der Waals surface area contributed by atoms with Gasteiger partial charge in [-0.2, -0.15) is 0 Å². The van der Waals surface area contributed by atoms with Crippen LogP contribution in [0.4, 0.5) is 0 Å². The molecule has 0 bridgehead atoms. The highest BCUT2D eigenvalue weighted by atomic mass is 16.2. The van der Waals surface area contributed by atoms with Gasteiger partial charge >= 0.3 is 0 Å². The average Bonchev–Trinajstić information content (AvgIpc) is 2.54. The molecule has 1 amide bonds. The average molecular weight is 209 g/mol. The Balaban J connectivity index is 2.54. The van der Waals surface area contributed by atoms with Crippen LogP contribution in [0.15, 0.2) is 12.1 Å². The van der Waals surface area contributed by atoms with E-state index in [4.69, 9.17) is 0 Å². The number of hydrogen-bond acceptors (Lipinski definition) is 2. The van der Waals surface area contributed by atoms with Crippen molar-refractivity contribution in [3.63, 3.8) is 0 Å². The topological polar surface area (TPSA) is 37.3 Å². The van der Waals surface area contributed by atoms with Crippen LogP contribution in [-0.4, -0.2) is 35.6 Å². The number of aryl methyl sites for hydroxylation is 2. The quantitative estimate of drug-likeness (QED) is 0.807. The van der Waals surface area contributed by atoms with Gasteiger partial charge in [0.1, 0.15) is 6.54 Å². The fourth-order valence-corrected chi connectivity index (χ4v) is 1.38. The van der Waals surface area contributed by atoms with E-state index in [2.05, 4.69) is 5.43 Å². The van der Waals surface area contributed by atoms with E-state index < -0.39 is 0 Å². The van der Waals surface area contributed by atoms with Crippen LogP contribution in [0.1, 0.15) is 18.3 Å². The molecule has 0 aromatic carbocycles. The number of aromatic nitrogens is 1. The number of amides is 1. The van der Waals surface area contributed by atoms with E-state index >= 15 is 0 Å². The largest absolute Gasteiger partial charge is 0.344 e. The van der Waals surface area contributed by atoms with Crippen LogP contribution in [-0.2, 0) is 4.79 Å². The number of rotatable bonds is 4. The van der Waals surface area contributed by atoms with Crippen molar-refractivity contribution < 1.29 is 4.79 Å². The van der Waals surface area contributed by atoms with Gasteiger partial charge in [-0.25, -0.2) is 0 Å². The van der Waals surface area contributed by atoms with E-state index in [0.717, 1.165) is 17.9 Å². The molecule has 0 atom stereocenters. The summed E-state index contributed by atoms with van der Waals surface area (Å²) < 4.78 is 1.93. The number of hydrogen-bond donors (Lipinski definition) is 1. The lowest BCUT2D eigenvalue weighted by molar-refractivity contribution is -0.127. The molecule has 15 heavy (non-hydrogen) atoms. The molecule has 1 aromatic rings. The van der Waals surface area contributed by atoms with Crippen molar-refractivity contribution in [3.05, 3.63) is 23.5 Å². The smallest absolute Gasteiger partial charge is 0.243 e. The number of nitrogens with one attached hydrogen (secondary N) is 1. The molecular formula is C11H19N3O. The molecular weight excluding hydrogens is 190 g/mol. The van der Waals surface area contributed by atoms with Crippen LogP contribution in [0, 0.1) is 13.8 Å². The normalized spacial score (nSPS) is 10.1. The first kappa shape index (κ1) is 11.6. The zero-order valence-electron chi connectivity index (χ0n) is 9.87. The lowest BCUT2D eigenvalue weighted by Crippen LogP contribution is -2.35. The SMILES string of the molecule is CCN(C)C(=O)CNn1c(C)ccc1C. The van der Waals surface area contributed by atoms with Gasteiger partial charge in [-0.3, -0.25) is 9.47 Å². The molecule has 0 radical (unpaired) electrons. The fourth-order valence-electron chi connectivity index (χ4n) is 1.38. The Morgan fingerprint density at radius 1 is 1.40 bits per heavy atom. The monoisotopic (exact) mass is 209 g/mol. The van der Waals surface area contributed by atoms with Gasteiger partial charge in [0.2, 0.25) is 5.91 Å². The third-order valence-corrected chi connectivity index (χ3v) is 2.56. The number of likely N-dealkylation sites (N-methyl/N-ethyl adjacent to an activating group) is 1. The first-order valence-electron chi connectivity index (χ1n) is 5.19. The Kier molecular flexibility index (Phi) is 3.77. The minimum absolute atomic E-state index is 0.102. The zero-order chi connectivity index (χ0) is 11.4. The van der Waals surface area contributed by atoms with Gasteiger partial charge in [0.15, 0.2) is 0 Å². The Bertz CT molecular complexity index is 324. The summed E-state index contributed by atoms with van der Waals surface area (Å²) >= 11 is 0. The second-order valence-corrected chi connectivity index (χ2v) is 3.69. The van der Waals surface area contributed by atoms with Crippen molar-refractivity contribution in [1.29, 1.82) is 0 Å². The highest BCUT2D eigenvalue weighted by Gasteiger charge is 2.07. The highest BCUT2D eigenvalue weighted by molar-refractivity contribution is 5.79. The van der Waals surface area contributed by atoms with E-state index in [-0.39, 0.29) is 5.91 Å². The molecule has 0 aliphatic carbocycles. The van der Waals surface area contributed by atoms with Crippen LogP contribution in [0.5, 0.6) is 0 Å². The van der Waals surface area contributed by atoms with Crippen LogP contribution in [0.25, 0.3) is 0 Å². The van der Waals surface area contributed by atoms with E-state index in [1.165, 1.54) is 0 Å². The first-order chi connectivity index (χ1) is 7.06. The first-order valence-corrected chi connectivity index (χ1v) is 5.19. The lowest BCUT2D eigenvalue weighted by Gasteiger charge is -2.17. The molecule has 0 aliphatic heterocycles. The summed E-state index contributed by atoms with van der Waals surface area (Å²) in [6.07, 6.45) is 0. The Morgan fingerprint density at radius 2 is 1.93 bits per heavy atom. The van der Waals surface area contributed by atoms with Gasteiger partial charge < -0.3 is 10.3 Å². The Hall–Kier alpha value is -1.45. The maximum atomic E-state index is 11.5. The van der Waals surface area contributed by atoms with Crippen LogP contribution >= 0.6 is 0 Å². The number of carbonyl (C=O) groups is 1. The highest BCUT2D eigenvalue weighted by Crippen LogP contribution is 2.03. The maximum absolute atomic E-state index is 11.5. The summed E-state index contributed by atoms with van der Waals surface area (Å²) in [4.78, 5) is 13.2. The molecule has 1 aromatic heterocycles. The second kappa shape index (κ2) is 4.87. The molecule has 84 valence electrons. The molecule has 0 aliphatic rings. The predicted molar refractivity (Wildman–Crippen MR) is 61.4 cm³/mol. The van der Waals surface area contributed by atoms with Crippen molar-refractivity contribution in [1.82, 2.24) is 9.58 Å². The lowest BCUT2D eigenvalue weighted by atomic mass is 10.5. The van der Waals surface area contributed by atoms with Crippen molar-refractivity contribution in [2.75, 3.05) is 25.6 Å². The standard InChI is InChI=1S/C11H19N3O/c1-5-13(4)11(15)8-12-14-9(2)6-7-10(14)3/h6-7,12H,5,8H2,1-4H3. The minimum Gasteiger partial charge on any atom is -0.344 e. The summed E-state index contributed by atoms with van der Waals surface area (Å²) in [7, 11) is 1.80. The summed E-state index contributed by atoms with van der Waals surface area (Å²) in [5.41, 5.74) is 5.32. The molecule has 0 saturated heterocycles. The van der Waals surface area contributed by atoms with E-state index in [1.54, 1.807) is 11.9 Å². The third kappa shape index (κ3) is 2.75. The van der Waals surface area contributed by atoms with Crippen LogP contribution in [0.3, 0.4) is 0 Å². The van der Waals surface area contributed by atoms with E-state index in [0.29, 0.717) is 6.54 Å². The van der Waals surface area contributed by atoms with Crippen molar-refractivity contribution in [3.8, 4) is 0 Å². The zero-order valence-corrected chi connectivity index (χ0v) is 9.87. The van der Waals surface area contributed by atoms with Gasteiger partial charge in [0, 0.05) is 25.0 Å². The second-order valence-electron chi connectivity index (χ2n) is 3.69. The molecule has 1 heterocycles. The molecule has 0 saturated carbocycles. The van der Waals surface area contributed by atoms with E-state index in [9.17, 15) is 4.79 Å². The maximum Gasteiger partial charge on any atom is 0.243 e. The Labute approximate surface area is 90.8 Å². The van der Waals surface area contributed by atoms with Crippen molar-refractivity contribution >= 4 is 5.91 Å². The van der Waals surface area contributed by atoms with E-state index in [1.807, 2.05) is 37.6 Å². The molecule has 0 unspecified atom stereocenters. The van der Waals surface area contributed by atoms with Gasteiger partial charge in [0.25, 0.3) is 0 Å². The number of nitrogens with zero attached hydrogens (tertiary/aromatic N) is 2.